The second-order valence-corrected chi connectivity index (χ2v) is 2.11. The van der Waals surface area contributed by atoms with Crippen molar-refractivity contribution < 1.29 is 0 Å². The van der Waals surface area contributed by atoms with Crippen molar-refractivity contribution in [2.45, 2.75) is 13.0 Å². The smallest absolute Gasteiger partial charge is 0.133 e. The number of hydrogen-bond donors (Lipinski definition) is 0. The summed E-state index contributed by atoms with van der Waals surface area (Å²) in [5, 5.41) is 0. The van der Waals surface area contributed by atoms with E-state index < -0.39 is 0 Å². The Morgan fingerprint density at radius 3 is 3.56 bits per heavy atom. The first kappa shape index (κ1) is 4.79. The van der Waals surface area contributed by atoms with E-state index in [2.05, 4.69) is 21.8 Å². The maximum absolute atomic E-state index is 4.01. The molecular weight excluding hydrogens is 112 g/mol. The molecule has 1 aliphatic heterocycles. The van der Waals surface area contributed by atoms with Crippen molar-refractivity contribution in [2.24, 2.45) is 0 Å². The summed E-state index contributed by atoms with van der Waals surface area (Å²) in [5.41, 5.74) is 0. The van der Waals surface area contributed by atoms with Crippen LogP contribution in [0, 0.1) is 6.20 Å². The maximum atomic E-state index is 4.01. The predicted octanol–water partition coefficient (Wildman–Crippen LogP) is 1.10. The second kappa shape index (κ2) is 1.72. The fraction of sp³-hybridized carbons (Fsp3) is 0.286. The number of aromatic nitrogens is 2. The molecule has 9 heavy (non-hydrogen) atoms. The number of hydrogen-bond acceptors (Lipinski definition) is 1. The van der Waals surface area contributed by atoms with Crippen molar-refractivity contribution in [2.75, 3.05) is 0 Å². The molecule has 1 radical (unpaired) electrons. The normalized spacial score (nSPS) is 15.6. The molecule has 45 valence electrons. The standard InChI is InChI=1S/C7H7N2/c1-2-5-9-6-4-8-7(9)3-1/h1,3,6H,2,5H2. The van der Waals surface area contributed by atoms with Gasteiger partial charge in [-0.2, -0.15) is 0 Å². The number of rotatable bonds is 0. The highest BCUT2D eigenvalue weighted by molar-refractivity contribution is 5.41. The molecule has 0 saturated carbocycles. The van der Waals surface area contributed by atoms with E-state index in [1.54, 1.807) is 0 Å². The number of allylic oxidation sites excluding steroid dienone is 1. The Morgan fingerprint density at radius 2 is 2.67 bits per heavy atom. The van der Waals surface area contributed by atoms with Gasteiger partial charge in [0.05, 0.1) is 0 Å². The molecule has 2 heterocycles. The van der Waals surface area contributed by atoms with Gasteiger partial charge in [0.15, 0.2) is 0 Å². The van der Waals surface area contributed by atoms with E-state index in [1.165, 1.54) is 0 Å². The summed E-state index contributed by atoms with van der Waals surface area (Å²) in [6.07, 6.45) is 9.97. The minimum atomic E-state index is 1.03. The summed E-state index contributed by atoms with van der Waals surface area (Å²) in [6.45, 7) is 1.06. The molecule has 0 bridgehead atoms. The first-order valence-electron chi connectivity index (χ1n) is 3.06. The largest absolute Gasteiger partial charge is 0.330 e. The van der Waals surface area contributed by atoms with E-state index in [0.717, 1.165) is 18.8 Å². The van der Waals surface area contributed by atoms with E-state index in [1.807, 2.05) is 12.3 Å². The van der Waals surface area contributed by atoms with Gasteiger partial charge in [-0.3, -0.25) is 0 Å². The highest BCUT2D eigenvalue weighted by Gasteiger charge is 2.00. The summed E-state index contributed by atoms with van der Waals surface area (Å²) >= 11 is 0. The van der Waals surface area contributed by atoms with Crippen molar-refractivity contribution in [3.8, 4) is 0 Å². The summed E-state index contributed by atoms with van der Waals surface area (Å²) in [5.74, 6) is 1.03. The first-order valence-corrected chi connectivity index (χ1v) is 3.06. The Labute approximate surface area is 53.8 Å². The zero-order chi connectivity index (χ0) is 6.10. The minimum Gasteiger partial charge on any atom is -0.330 e. The average Bonchev–Trinajstić information content (AvgIpc) is 2.33. The number of nitrogens with zero attached hydrogens (tertiary/aromatic N) is 2. The molecule has 1 aromatic heterocycles. The van der Waals surface area contributed by atoms with Gasteiger partial charge in [-0.15, -0.1) is 0 Å². The van der Waals surface area contributed by atoms with E-state index in [9.17, 15) is 0 Å². The summed E-state index contributed by atoms with van der Waals surface area (Å²) in [6, 6.07) is 0. The van der Waals surface area contributed by atoms with E-state index in [4.69, 9.17) is 0 Å². The van der Waals surface area contributed by atoms with Crippen LogP contribution in [0.4, 0.5) is 0 Å². The molecule has 0 saturated heterocycles. The van der Waals surface area contributed by atoms with Crippen LogP contribution in [0.2, 0.25) is 0 Å². The molecule has 0 aromatic carbocycles. The van der Waals surface area contributed by atoms with Crippen LogP contribution in [0.1, 0.15) is 12.2 Å². The lowest BCUT2D eigenvalue weighted by molar-refractivity contribution is 0.689. The molecule has 1 aliphatic rings. The third-order valence-corrected chi connectivity index (χ3v) is 1.49. The highest BCUT2D eigenvalue weighted by atomic mass is 15.1. The van der Waals surface area contributed by atoms with Crippen LogP contribution in [0.5, 0.6) is 0 Å². The predicted molar refractivity (Wildman–Crippen MR) is 34.7 cm³/mol. The van der Waals surface area contributed by atoms with Crippen molar-refractivity contribution in [1.29, 1.82) is 0 Å². The van der Waals surface area contributed by atoms with Gasteiger partial charge in [-0.25, -0.2) is 4.98 Å². The molecule has 0 aliphatic carbocycles. The van der Waals surface area contributed by atoms with Crippen LogP contribution in [0.3, 0.4) is 0 Å². The summed E-state index contributed by atoms with van der Waals surface area (Å²) < 4.78 is 2.10. The average molecular weight is 119 g/mol. The van der Waals surface area contributed by atoms with Gasteiger partial charge >= 0.3 is 0 Å². The van der Waals surface area contributed by atoms with Crippen LogP contribution >= 0.6 is 0 Å². The molecule has 0 spiro atoms. The van der Waals surface area contributed by atoms with E-state index in [0.29, 0.717) is 0 Å². The second-order valence-electron chi connectivity index (χ2n) is 2.11. The van der Waals surface area contributed by atoms with Crippen LogP contribution in [0.15, 0.2) is 12.3 Å². The topological polar surface area (TPSA) is 17.8 Å². The number of fused-ring (bicyclic) bond motifs is 1. The molecule has 0 atom stereocenters. The Hall–Kier alpha value is -1.05. The Morgan fingerprint density at radius 1 is 1.67 bits per heavy atom. The zero-order valence-corrected chi connectivity index (χ0v) is 5.04. The molecule has 0 amide bonds. The molecular formula is C7H7N2. The third kappa shape index (κ3) is 0.669. The molecule has 0 fully saturated rings. The van der Waals surface area contributed by atoms with Crippen molar-refractivity contribution in [1.82, 2.24) is 9.55 Å². The lowest BCUT2D eigenvalue weighted by atomic mass is 10.3. The number of aryl methyl sites for hydroxylation is 1. The van der Waals surface area contributed by atoms with Gasteiger partial charge in [-0.05, 0) is 12.5 Å². The quantitative estimate of drug-likeness (QED) is 0.500. The van der Waals surface area contributed by atoms with E-state index in [-0.39, 0.29) is 0 Å². The monoisotopic (exact) mass is 119 g/mol. The number of imidazole rings is 1. The lowest BCUT2D eigenvalue weighted by Crippen LogP contribution is -2.01. The minimum absolute atomic E-state index is 1.03. The lowest BCUT2D eigenvalue weighted by Gasteiger charge is -2.05. The van der Waals surface area contributed by atoms with Gasteiger partial charge < -0.3 is 4.57 Å². The van der Waals surface area contributed by atoms with Crippen molar-refractivity contribution >= 4 is 6.08 Å². The molecule has 2 rings (SSSR count). The SMILES string of the molecule is [c]1cn2c(n1)C=CCC2. The Kier molecular flexibility index (Phi) is 0.918. The molecule has 2 nitrogen and oxygen atoms in total. The maximum Gasteiger partial charge on any atom is 0.133 e. The van der Waals surface area contributed by atoms with Crippen LogP contribution in [-0.2, 0) is 6.54 Å². The molecule has 2 heteroatoms. The third-order valence-electron chi connectivity index (χ3n) is 1.49. The van der Waals surface area contributed by atoms with Crippen molar-refractivity contribution in [3.63, 3.8) is 0 Å². The fourth-order valence-corrected chi connectivity index (χ4v) is 1.01. The van der Waals surface area contributed by atoms with Crippen molar-refractivity contribution in [3.05, 3.63) is 24.3 Å². The van der Waals surface area contributed by atoms with Gasteiger partial charge in [0.25, 0.3) is 0 Å². The highest BCUT2D eigenvalue weighted by Crippen LogP contribution is 2.07. The summed E-state index contributed by atoms with van der Waals surface area (Å²) in [4.78, 5) is 4.01. The van der Waals surface area contributed by atoms with Gasteiger partial charge in [-0.1, -0.05) is 6.08 Å². The van der Waals surface area contributed by atoms with Crippen LogP contribution in [-0.4, -0.2) is 9.55 Å². The Balaban J connectivity index is 2.53. The molecule has 0 unspecified atom stereocenters. The van der Waals surface area contributed by atoms with Gasteiger partial charge in [0, 0.05) is 12.7 Å². The first-order chi connectivity index (χ1) is 4.47. The Bertz CT molecular complexity index is 235. The van der Waals surface area contributed by atoms with Gasteiger partial charge in [0.1, 0.15) is 12.0 Å². The van der Waals surface area contributed by atoms with Crippen LogP contribution < -0.4 is 0 Å². The fourth-order valence-electron chi connectivity index (χ4n) is 1.01. The van der Waals surface area contributed by atoms with Gasteiger partial charge in [0.2, 0.25) is 0 Å². The molecule has 0 N–H and O–H groups in total. The molecule has 1 aromatic rings. The van der Waals surface area contributed by atoms with Crippen LogP contribution in [0.25, 0.3) is 6.08 Å². The summed E-state index contributed by atoms with van der Waals surface area (Å²) in [7, 11) is 0. The zero-order valence-electron chi connectivity index (χ0n) is 5.04. The van der Waals surface area contributed by atoms with E-state index >= 15 is 0 Å².